The third kappa shape index (κ3) is 3.26. The van der Waals surface area contributed by atoms with Crippen LogP contribution >= 0.6 is 0 Å². The SMILES string of the molecule is COc1cccc(NC2(CO)CCCC(C)C2)c1[N+](=O)[O-]. The number of aliphatic hydroxyl groups excluding tert-OH is 1. The minimum atomic E-state index is -0.491. The zero-order chi connectivity index (χ0) is 15.5. The second-order valence-corrected chi connectivity index (χ2v) is 5.88. The fourth-order valence-corrected chi connectivity index (χ4v) is 3.22. The summed E-state index contributed by atoms with van der Waals surface area (Å²) in [4.78, 5) is 10.9. The highest BCUT2D eigenvalue weighted by atomic mass is 16.6. The van der Waals surface area contributed by atoms with Gasteiger partial charge in [-0.05, 0) is 30.9 Å². The quantitative estimate of drug-likeness (QED) is 0.644. The van der Waals surface area contributed by atoms with Gasteiger partial charge in [0.15, 0.2) is 5.75 Å². The third-order valence-corrected chi connectivity index (χ3v) is 4.20. The first kappa shape index (κ1) is 15.6. The molecule has 0 spiro atoms. The number of para-hydroxylation sites is 1. The summed E-state index contributed by atoms with van der Waals surface area (Å²) in [5, 5.41) is 24.4. The van der Waals surface area contributed by atoms with Crippen LogP contribution in [0.15, 0.2) is 18.2 Å². The largest absolute Gasteiger partial charge is 0.490 e. The highest BCUT2D eigenvalue weighted by molar-refractivity contribution is 5.69. The van der Waals surface area contributed by atoms with Crippen LogP contribution in [0.1, 0.15) is 32.6 Å². The van der Waals surface area contributed by atoms with Gasteiger partial charge >= 0.3 is 5.69 Å². The van der Waals surface area contributed by atoms with E-state index in [1.165, 1.54) is 7.11 Å². The number of ether oxygens (including phenoxy) is 1. The lowest BCUT2D eigenvalue weighted by molar-refractivity contribution is -0.384. The molecule has 1 aliphatic carbocycles. The zero-order valence-corrected chi connectivity index (χ0v) is 12.5. The zero-order valence-electron chi connectivity index (χ0n) is 12.5. The molecule has 2 atom stereocenters. The molecule has 2 rings (SSSR count). The molecular weight excluding hydrogens is 272 g/mol. The predicted octanol–water partition coefficient (Wildman–Crippen LogP) is 2.96. The Morgan fingerprint density at radius 1 is 1.57 bits per heavy atom. The number of hydrogen-bond acceptors (Lipinski definition) is 5. The van der Waals surface area contributed by atoms with Crippen molar-refractivity contribution < 1.29 is 14.8 Å². The van der Waals surface area contributed by atoms with Crippen molar-refractivity contribution >= 4 is 11.4 Å². The topological polar surface area (TPSA) is 84.6 Å². The summed E-state index contributed by atoms with van der Waals surface area (Å²) in [6.07, 6.45) is 3.75. The van der Waals surface area contributed by atoms with E-state index in [9.17, 15) is 15.2 Å². The Bertz CT molecular complexity index is 520. The molecule has 6 heteroatoms. The molecule has 1 aromatic carbocycles. The number of nitro benzene ring substituents is 1. The number of aliphatic hydroxyl groups is 1. The summed E-state index contributed by atoms with van der Waals surface area (Å²) in [7, 11) is 1.41. The van der Waals surface area contributed by atoms with Gasteiger partial charge in [-0.25, -0.2) is 0 Å². The van der Waals surface area contributed by atoms with E-state index in [0.29, 0.717) is 11.6 Å². The molecule has 1 aliphatic rings. The first-order valence-electron chi connectivity index (χ1n) is 7.22. The van der Waals surface area contributed by atoms with Crippen LogP contribution in [0.5, 0.6) is 5.75 Å². The smallest absolute Gasteiger partial charge is 0.333 e. The highest BCUT2D eigenvalue weighted by Gasteiger charge is 2.36. The molecular formula is C15H22N2O4. The van der Waals surface area contributed by atoms with Gasteiger partial charge in [-0.2, -0.15) is 0 Å². The van der Waals surface area contributed by atoms with Crippen molar-refractivity contribution in [2.75, 3.05) is 19.0 Å². The number of nitrogens with one attached hydrogen (secondary N) is 1. The first-order chi connectivity index (χ1) is 10.0. The summed E-state index contributed by atoms with van der Waals surface area (Å²) in [6, 6.07) is 4.95. The van der Waals surface area contributed by atoms with Gasteiger partial charge < -0.3 is 15.2 Å². The van der Waals surface area contributed by atoms with E-state index in [1.54, 1.807) is 18.2 Å². The van der Waals surface area contributed by atoms with Crippen molar-refractivity contribution in [3.05, 3.63) is 28.3 Å². The van der Waals surface area contributed by atoms with Gasteiger partial charge in [-0.15, -0.1) is 0 Å². The number of rotatable bonds is 5. The first-order valence-corrected chi connectivity index (χ1v) is 7.22. The van der Waals surface area contributed by atoms with Crippen molar-refractivity contribution in [3.8, 4) is 5.75 Å². The Morgan fingerprint density at radius 2 is 2.33 bits per heavy atom. The Labute approximate surface area is 124 Å². The van der Waals surface area contributed by atoms with E-state index < -0.39 is 10.5 Å². The van der Waals surface area contributed by atoms with Crippen LogP contribution in [0.25, 0.3) is 0 Å². The maximum absolute atomic E-state index is 11.3. The highest BCUT2D eigenvalue weighted by Crippen LogP contribution is 2.40. The molecule has 2 unspecified atom stereocenters. The molecule has 0 amide bonds. The normalized spacial score (nSPS) is 25.4. The average molecular weight is 294 g/mol. The van der Waals surface area contributed by atoms with E-state index in [-0.39, 0.29) is 18.0 Å². The molecule has 6 nitrogen and oxygen atoms in total. The fraction of sp³-hybridized carbons (Fsp3) is 0.600. The molecule has 21 heavy (non-hydrogen) atoms. The fourth-order valence-electron chi connectivity index (χ4n) is 3.22. The summed E-state index contributed by atoms with van der Waals surface area (Å²) in [5.74, 6) is 0.713. The van der Waals surface area contributed by atoms with Crippen molar-refractivity contribution in [3.63, 3.8) is 0 Å². The standard InChI is InChI=1S/C15H22N2O4/c1-11-5-4-8-15(9-11,10-18)16-12-6-3-7-13(21-2)14(12)17(19)20/h3,6-7,11,16,18H,4-5,8-10H2,1-2H3. The van der Waals surface area contributed by atoms with Crippen LogP contribution < -0.4 is 10.1 Å². The van der Waals surface area contributed by atoms with E-state index in [0.717, 1.165) is 25.7 Å². The van der Waals surface area contributed by atoms with E-state index in [2.05, 4.69) is 12.2 Å². The Morgan fingerprint density at radius 3 is 2.90 bits per heavy atom. The molecule has 0 aliphatic heterocycles. The van der Waals surface area contributed by atoms with E-state index in [1.807, 2.05) is 0 Å². The van der Waals surface area contributed by atoms with Gasteiger partial charge in [0.2, 0.25) is 0 Å². The number of anilines is 1. The minimum Gasteiger partial charge on any atom is -0.490 e. The third-order valence-electron chi connectivity index (χ3n) is 4.20. The van der Waals surface area contributed by atoms with E-state index in [4.69, 9.17) is 4.74 Å². The lowest BCUT2D eigenvalue weighted by atomic mass is 9.76. The monoisotopic (exact) mass is 294 g/mol. The van der Waals surface area contributed by atoms with E-state index >= 15 is 0 Å². The van der Waals surface area contributed by atoms with Crippen molar-refractivity contribution in [1.29, 1.82) is 0 Å². The summed E-state index contributed by atoms with van der Waals surface area (Å²) in [6.45, 7) is 2.11. The molecule has 116 valence electrons. The van der Waals surface area contributed by atoms with Crippen LogP contribution in [0.4, 0.5) is 11.4 Å². The van der Waals surface area contributed by atoms with Gasteiger partial charge in [-0.1, -0.05) is 25.8 Å². The Balaban J connectivity index is 2.35. The molecule has 0 heterocycles. The van der Waals surface area contributed by atoms with Crippen LogP contribution in [-0.4, -0.2) is 29.3 Å². The lowest BCUT2D eigenvalue weighted by Crippen LogP contribution is -2.46. The van der Waals surface area contributed by atoms with Crippen molar-refractivity contribution in [2.45, 2.75) is 38.1 Å². The molecule has 2 N–H and O–H groups in total. The summed E-state index contributed by atoms with van der Waals surface area (Å²) >= 11 is 0. The van der Waals surface area contributed by atoms with Gasteiger partial charge in [-0.3, -0.25) is 10.1 Å². The molecule has 1 fully saturated rings. The molecule has 0 bridgehead atoms. The van der Waals surface area contributed by atoms with Crippen LogP contribution in [-0.2, 0) is 0 Å². The van der Waals surface area contributed by atoms with Gasteiger partial charge in [0, 0.05) is 0 Å². The molecule has 0 saturated heterocycles. The molecule has 0 aromatic heterocycles. The predicted molar refractivity (Wildman–Crippen MR) is 80.7 cm³/mol. The molecule has 1 saturated carbocycles. The lowest BCUT2D eigenvalue weighted by Gasteiger charge is -2.40. The van der Waals surface area contributed by atoms with Crippen molar-refractivity contribution in [2.24, 2.45) is 5.92 Å². The number of methoxy groups -OCH3 is 1. The maximum atomic E-state index is 11.3. The Hall–Kier alpha value is -1.82. The van der Waals surface area contributed by atoms with Crippen LogP contribution in [0, 0.1) is 16.0 Å². The van der Waals surface area contributed by atoms with Crippen LogP contribution in [0.3, 0.4) is 0 Å². The van der Waals surface area contributed by atoms with Gasteiger partial charge in [0.05, 0.1) is 24.2 Å². The number of nitrogens with zero attached hydrogens (tertiary/aromatic N) is 1. The number of benzene rings is 1. The number of hydrogen-bond donors (Lipinski definition) is 2. The second kappa shape index (κ2) is 6.30. The van der Waals surface area contributed by atoms with Gasteiger partial charge in [0.25, 0.3) is 0 Å². The van der Waals surface area contributed by atoms with Crippen LogP contribution in [0.2, 0.25) is 0 Å². The Kier molecular flexibility index (Phi) is 4.67. The number of nitro groups is 1. The summed E-state index contributed by atoms with van der Waals surface area (Å²) in [5.41, 5.74) is -0.164. The molecule has 1 aromatic rings. The maximum Gasteiger partial charge on any atom is 0.333 e. The van der Waals surface area contributed by atoms with Crippen molar-refractivity contribution in [1.82, 2.24) is 0 Å². The molecule has 0 radical (unpaired) electrons. The second-order valence-electron chi connectivity index (χ2n) is 5.88. The van der Waals surface area contributed by atoms with Gasteiger partial charge in [0.1, 0.15) is 5.69 Å². The average Bonchev–Trinajstić information content (AvgIpc) is 2.46. The summed E-state index contributed by atoms with van der Waals surface area (Å²) < 4.78 is 5.08. The minimum absolute atomic E-state index is 0.0360.